The molecule has 284 valence electrons. The summed E-state index contributed by atoms with van der Waals surface area (Å²) in [7, 11) is 1.98. The van der Waals surface area contributed by atoms with Crippen LogP contribution in [-0.2, 0) is 17.8 Å². The highest BCUT2D eigenvalue weighted by molar-refractivity contribution is 5.86. The molecule has 1 saturated heterocycles. The summed E-state index contributed by atoms with van der Waals surface area (Å²) in [5, 5.41) is 15.1. The number of hydrogen-bond acceptors (Lipinski definition) is 4. The second-order valence-electron chi connectivity index (χ2n) is 14.9. The van der Waals surface area contributed by atoms with Gasteiger partial charge in [0.05, 0.1) is 5.69 Å². The molecule has 4 aromatic rings. The van der Waals surface area contributed by atoms with Crippen molar-refractivity contribution in [3.8, 4) is 11.1 Å². The van der Waals surface area contributed by atoms with Crippen LogP contribution in [0.2, 0.25) is 0 Å². The summed E-state index contributed by atoms with van der Waals surface area (Å²) >= 11 is 0. The molecule has 4 atom stereocenters. The van der Waals surface area contributed by atoms with E-state index in [1.807, 2.05) is 19.2 Å². The van der Waals surface area contributed by atoms with Crippen LogP contribution in [0.15, 0.2) is 84.9 Å². The van der Waals surface area contributed by atoms with E-state index in [1.165, 1.54) is 28.5 Å². The van der Waals surface area contributed by atoms with Crippen molar-refractivity contribution < 1.29 is 14.3 Å². The van der Waals surface area contributed by atoms with Crippen LogP contribution in [0.4, 0.5) is 4.39 Å². The lowest BCUT2D eigenvalue weighted by Gasteiger charge is -2.35. The summed E-state index contributed by atoms with van der Waals surface area (Å²) in [6, 6.07) is 28.4. The van der Waals surface area contributed by atoms with Gasteiger partial charge in [0.2, 0.25) is 0 Å². The lowest BCUT2D eigenvalue weighted by Crippen LogP contribution is -2.45. The van der Waals surface area contributed by atoms with E-state index in [4.69, 9.17) is 5.10 Å². The smallest absolute Gasteiger partial charge is 0.320 e. The number of aliphatic carboxylic acids is 1. The van der Waals surface area contributed by atoms with E-state index >= 15 is 0 Å². The average Bonchev–Trinajstić information content (AvgIpc) is 3.72. The van der Waals surface area contributed by atoms with E-state index in [2.05, 4.69) is 95.9 Å². The average molecular weight is 774 g/mol. The van der Waals surface area contributed by atoms with Gasteiger partial charge in [0.1, 0.15) is 11.9 Å². The highest BCUT2D eigenvalue weighted by Crippen LogP contribution is 2.43. The second kappa shape index (κ2) is 19.9. The summed E-state index contributed by atoms with van der Waals surface area (Å²) in [4.78, 5) is 17.0. The number of piperidine rings is 1. The molecule has 6 rings (SSSR count). The van der Waals surface area contributed by atoms with Crippen LogP contribution in [0.3, 0.4) is 0 Å². The van der Waals surface area contributed by atoms with Gasteiger partial charge in [-0.2, -0.15) is 5.10 Å². The standard InChI is InChI=1S/C42H53FN4O2.3ClH/c1-5-47-40(26-37(44-47)23-30-14-16-32(17-15-30)31-10-7-6-8-11-31)33-18-20-46(21-19-33)28-35-25-38(45(4)41(42(48)49)22-29(2)3)27-39(35)34-12-9-13-36(43)24-34;;;/h6-17,24,26,29,33,35,38-39,41H,5,18-23,25,27-28H2,1-4H3,(H,48,49);3*1H/t35?,38?,39?,41-;;;/m1.../s1. The third kappa shape index (κ3) is 10.6. The van der Waals surface area contributed by atoms with Gasteiger partial charge < -0.3 is 10.0 Å². The quantitative estimate of drug-likeness (QED) is 0.147. The largest absolute Gasteiger partial charge is 0.480 e. The predicted molar refractivity (Wildman–Crippen MR) is 217 cm³/mol. The second-order valence-corrected chi connectivity index (χ2v) is 14.9. The molecule has 0 amide bonds. The Kier molecular flexibility index (Phi) is 16.7. The van der Waals surface area contributed by atoms with Gasteiger partial charge in [-0.3, -0.25) is 14.4 Å². The number of halogens is 4. The summed E-state index contributed by atoms with van der Waals surface area (Å²) in [5.41, 5.74) is 7.26. The summed E-state index contributed by atoms with van der Waals surface area (Å²) in [6.07, 6.45) is 5.42. The SMILES string of the molecule is CCn1nc(Cc2ccc(-c3ccccc3)cc2)cc1C1CCN(CC2CC(N(C)[C@H](CC(C)C)C(=O)O)CC2c2cccc(F)c2)CC1.Cl.Cl.Cl. The van der Waals surface area contributed by atoms with Crippen molar-refractivity contribution in [1.29, 1.82) is 0 Å². The number of carbonyl (C=O) groups is 1. The van der Waals surface area contributed by atoms with Crippen LogP contribution in [-0.4, -0.2) is 69.4 Å². The summed E-state index contributed by atoms with van der Waals surface area (Å²) in [5.74, 6) is 0.382. The number of carboxylic acid groups (broad SMARTS) is 1. The van der Waals surface area contributed by atoms with Crippen LogP contribution >= 0.6 is 37.2 Å². The van der Waals surface area contributed by atoms with Crippen LogP contribution in [0.5, 0.6) is 0 Å². The van der Waals surface area contributed by atoms with Crippen molar-refractivity contribution >= 4 is 43.2 Å². The molecule has 1 N–H and O–H groups in total. The maximum atomic E-state index is 14.4. The van der Waals surface area contributed by atoms with Gasteiger partial charge in [0.15, 0.2) is 0 Å². The first-order valence-corrected chi connectivity index (χ1v) is 18.3. The minimum Gasteiger partial charge on any atom is -0.480 e. The van der Waals surface area contributed by atoms with Crippen LogP contribution in [0, 0.1) is 17.7 Å². The number of likely N-dealkylation sites (tertiary alicyclic amines) is 1. The van der Waals surface area contributed by atoms with Crippen molar-refractivity contribution in [2.75, 3.05) is 26.7 Å². The molecule has 2 aliphatic rings. The van der Waals surface area contributed by atoms with E-state index in [9.17, 15) is 14.3 Å². The van der Waals surface area contributed by atoms with Crippen LogP contribution < -0.4 is 0 Å². The Morgan fingerprint density at radius 2 is 1.60 bits per heavy atom. The maximum Gasteiger partial charge on any atom is 0.320 e. The number of carboxylic acids is 1. The molecule has 0 spiro atoms. The predicted octanol–water partition coefficient (Wildman–Crippen LogP) is 9.74. The molecule has 1 aromatic heterocycles. The first-order chi connectivity index (χ1) is 23.7. The van der Waals surface area contributed by atoms with Gasteiger partial charge in [-0.25, -0.2) is 4.39 Å². The fraction of sp³-hybridized carbons (Fsp3) is 0.476. The number of aromatic nitrogens is 2. The van der Waals surface area contributed by atoms with Crippen molar-refractivity contribution in [2.45, 2.75) is 89.8 Å². The van der Waals surface area contributed by atoms with Gasteiger partial charge in [-0.05, 0) is 117 Å². The lowest BCUT2D eigenvalue weighted by atomic mass is 9.87. The molecular weight excluding hydrogens is 718 g/mol. The highest BCUT2D eigenvalue weighted by atomic mass is 35.5. The Hall–Kier alpha value is -2.94. The highest BCUT2D eigenvalue weighted by Gasteiger charge is 2.41. The van der Waals surface area contributed by atoms with Gasteiger partial charge >= 0.3 is 5.97 Å². The number of aryl methyl sites for hydroxylation is 1. The molecule has 0 bridgehead atoms. The monoisotopic (exact) mass is 772 g/mol. The van der Waals surface area contributed by atoms with E-state index in [-0.39, 0.29) is 55.0 Å². The Morgan fingerprint density at radius 1 is 0.923 bits per heavy atom. The third-order valence-corrected chi connectivity index (χ3v) is 11.1. The van der Waals surface area contributed by atoms with Crippen molar-refractivity contribution in [1.82, 2.24) is 19.6 Å². The van der Waals surface area contributed by atoms with Gasteiger partial charge in [-0.15, -0.1) is 37.2 Å². The minimum atomic E-state index is -0.750. The topological polar surface area (TPSA) is 61.6 Å². The number of nitrogens with zero attached hydrogens (tertiary/aromatic N) is 4. The molecule has 10 heteroatoms. The molecule has 1 aliphatic carbocycles. The molecule has 2 fully saturated rings. The van der Waals surface area contributed by atoms with Crippen LogP contribution in [0.25, 0.3) is 11.1 Å². The van der Waals surface area contributed by atoms with Crippen molar-refractivity contribution in [3.63, 3.8) is 0 Å². The zero-order valence-corrected chi connectivity index (χ0v) is 33.3. The lowest BCUT2D eigenvalue weighted by molar-refractivity contribution is -0.144. The molecule has 1 aliphatic heterocycles. The zero-order valence-electron chi connectivity index (χ0n) is 30.9. The Morgan fingerprint density at radius 3 is 2.21 bits per heavy atom. The first-order valence-electron chi connectivity index (χ1n) is 18.3. The summed E-state index contributed by atoms with van der Waals surface area (Å²) in [6.45, 7) is 10.2. The minimum absolute atomic E-state index is 0. The van der Waals surface area contributed by atoms with Crippen molar-refractivity contribution in [3.05, 3.63) is 113 Å². The molecule has 6 nitrogen and oxygen atoms in total. The number of likely N-dealkylation sites (N-methyl/N-ethyl adjacent to an activating group) is 1. The van der Waals surface area contributed by atoms with E-state index in [0.717, 1.165) is 69.5 Å². The summed E-state index contributed by atoms with van der Waals surface area (Å²) < 4.78 is 16.6. The van der Waals surface area contributed by atoms with Gasteiger partial charge in [0.25, 0.3) is 0 Å². The number of benzene rings is 3. The number of rotatable bonds is 13. The third-order valence-electron chi connectivity index (χ3n) is 11.1. The van der Waals surface area contributed by atoms with E-state index < -0.39 is 12.0 Å². The van der Waals surface area contributed by atoms with Gasteiger partial charge in [0, 0.05) is 37.2 Å². The Balaban J connectivity index is 0.00000243. The van der Waals surface area contributed by atoms with Gasteiger partial charge in [-0.1, -0.05) is 80.6 Å². The first kappa shape index (κ1) is 43.5. The molecule has 3 aromatic carbocycles. The molecule has 0 radical (unpaired) electrons. The Labute approximate surface area is 328 Å². The Bertz CT molecular complexity index is 1680. The zero-order chi connectivity index (χ0) is 34.5. The fourth-order valence-corrected chi connectivity index (χ4v) is 8.47. The molecular formula is C42H56Cl3FN4O2. The normalized spacial score (nSPS) is 19.9. The molecule has 52 heavy (non-hydrogen) atoms. The number of hydrogen-bond donors (Lipinski definition) is 1. The fourth-order valence-electron chi connectivity index (χ4n) is 8.47. The van der Waals surface area contributed by atoms with E-state index in [0.29, 0.717) is 24.2 Å². The van der Waals surface area contributed by atoms with Crippen LogP contribution in [0.1, 0.15) is 87.2 Å². The van der Waals surface area contributed by atoms with Crippen molar-refractivity contribution in [2.24, 2.45) is 11.8 Å². The molecule has 3 unspecified atom stereocenters. The molecule has 1 saturated carbocycles. The molecule has 2 heterocycles. The maximum absolute atomic E-state index is 14.4. The van der Waals surface area contributed by atoms with E-state index in [1.54, 1.807) is 6.07 Å².